The molecule has 2 aliphatic rings. The van der Waals surface area contributed by atoms with Gasteiger partial charge in [-0.15, -0.1) is 0 Å². The second-order valence-corrected chi connectivity index (χ2v) is 4.84. The summed E-state index contributed by atoms with van der Waals surface area (Å²) in [6, 6.07) is 11.2. The Bertz CT molecular complexity index is 716. The number of fused-ring (bicyclic) bond motifs is 4. The number of pyridine rings is 1. The lowest BCUT2D eigenvalue weighted by atomic mass is 9.80. The topological polar surface area (TPSA) is 51.7 Å². The molecule has 100 valence electrons. The number of hydroxylamine groups is 1. The van der Waals surface area contributed by atoms with Crippen LogP contribution in [0.3, 0.4) is 0 Å². The highest BCUT2D eigenvalue weighted by Gasteiger charge is 2.58. The van der Waals surface area contributed by atoms with E-state index in [1.807, 2.05) is 30.3 Å². The van der Waals surface area contributed by atoms with E-state index in [2.05, 4.69) is 4.98 Å². The number of hydrogen-bond acceptors (Lipinski definition) is 4. The minimum atomic E-state index is -0.886. The molecule has 1 spiro atoms. The average molecular weight is 268 g/mol. The zero-order chi connectivity index (χ0) is 13.7. The third kappa shape index (κ3) is 1.16. The van der Waals surface area contributed by atoms with E-state index in [0.29, 0.717) is 11.4 Å². The lowest BCUT2D eigenvalue weighted by Gasteiger charge is -2.20. The van der Waals surface area contributed by atoms with Gasteiger partial charge in [0.15, 0.2) is 5.41 Å². The van der Waals surface area contributed by atoms with E-state index in [0.717, 1.165) is 11.3 Å². The van der Waals surface area contributed by atoms with Gasteiger partial charge in [0.1, 0.15) is 18.1 Å². The molecule has 0 saturated carbocycles. The minimum Gasteiger partial charge on any atom is -0.490 e. The highest BCUT2D eigenvalue weighted by molar-refractivity contribution is 6.09. The van der Waals surface area contributed by atoms with Crippen LogP contribution >= 0.6 is 0 Å². The number of anilines is 1. The van der Waals surface area contributed by atoms with Crippen LogP contribution in [-0.4, -0.2) is 24.6 Å². The summed E-state index contributed by atoms with van der Waals surface area (Å²) < 4.78 is 5.69. The molecular weight excluding hydrogens is 256 g/mol. The van der Waals surface area contributed by atoms with Crippen molar-refractivity contribution in [1.29, 1.82) is 0 Å². The molecule has 2 aliphatic heterocycles. The van der Waals surface area contributed by atoms with Crippen LogP contribution < -0.4 is 9.80 Å². The molecule has 2 aromatic rings. The van der Waals surface area contributed by atoms with Crippen LogP contribution in [0.1, 0.15) is 11.3 Å². The first-order valence-corrected chi connectivity index (χ1v) is 6.35. The fourth-order valence-corrected chi connectivity index (χ4v) is 3.04. The predicted molar refractivity (Wildman–Crippen MR) is 71.4 cm³/mol. The largest absolute Gasteiger partial charge is 0.490 e. The Morgan fingerprint density at radius 3 is 3.00 bits per heavy atom. The lowest BCUT2D eigenvalue weighted by Crippen LogP contribution is -2.42. The highest BCUT2D eigenvalue weighted by Crippen LogP contribution is 2.51. The number of ether oxygens (including phenoxy) is 1. The van der Waals surface area contributed by atoms with Gasteiger partial charge in [-0.1, -0.05) is 18.2 Å². The number of hydrogen-bond donors (Lipinski definition) is 0. The summed E-state index contributed by atoms with van der Waals surface area (Å²) in [6.45, 7) is 0.259. The van der Waals surface area contributed by atoms with E-state index in [4.69, 9.17) is 9.57 Å². The van der Waals surface area contributed by atoms with Crippen molar-refractivity contribution in [3.8, 4) is 5.75 Å². The molecule has 20 heavy (non-hydrogen) atoms. The van der Waals surface area contributed by atoms with E-state index in [1.54, 1.807) is 12.3 Å². The molecule has 5 nitrogen and oxygen atoms in total. The van der Waals surface area contributed by atoms with Crippen molar-refractivity contribution < 1.29 is 14.4 Å². The van der Waals surface area contributed by atoms with Gasteiger partial charge in [-0.25, -0.2) is 0 Å². The first-order valence-electron chi connectivity index (χ1n) is 6.35. The van der Waals surface area contributed by atoms with Gasteiger partial charge in [-0.3, -0.25) is 14.6 Å². The van der Waals surface area contributed by atoms with Gasteiger partial charge in [0, 0.05) is 11.8 Å². The van der Waals surface area contributed by atoms with E-state index < -0.39 is 5.41 Å². The lowest BCUT2D eigenvalue weighted by molar-refractivity contribution is -0.128. The van der Waals surface area contributed by atoms with Crippen LogP contribution in [-0.2, 0) is 15.0 Å². The van der Waals surface area contributed by atoms with Crippen molar-refractivity contribution >= 4 is 11.6 Å². The Morgan fingerprint density at radius 2 is 2.15 bits per heavy atom. The molecule has 1 unspecified atom stereocenters. The smallest absolute Gasteiger partial charge is 0.271 e. The standard InChI is InChI=1S/C15H12N2O3/c1-19-17-11-6-3-2-5-10(11)15(14(17)18)9-20-12-7-4-8-16-13(12)15/h2-8H,9H2,1H3. The van der Waals surface area contributed by atoms with Crippen molar-refractivity contribution in [3.05, 3.63) is 53.9 Å². The molecule has 1 atom stereocenters. The maximum Gasteiger partial charge on any atom is 0.271 e. The van der Waals surface area contributed by atoms with Gasteiger partial charge >= 0.3 is 0 Å². The molecule has 1 amide bonds. The number of para-hydroxylation sites is 1. The number of rotatable bonds is 1. The van der Waals surface area contributed by atoms with Gasteiger partial charge in [0.05, 0.1) is 12.8 Å². The molecular formula is C15H12N2O3. The molecule has 0 radical (unpaired) electrons. The predicted octanol–water partition coefficient (Wildman–Crippen LogP) is 1.67. The number of nitrogens with zero attached hydrogens (tertiary/aromatic N) is 2. The van der Waals surface area contributed by atoms with Gasteiger partial charge in [0.2, 0.25) is 0 Å². The first kappa shape index (κ1) is 11.4. The van der Waals surface area contributed by atoms with Crippen molar-refractivity contribution in [2.75, 3.05) is 18.8 Å². The van der Waals surface area contributed by atoms with Crippen molar-refractivity contribution in [2.45, 2.75) is 5.41 Å². The maximum absolute atomic E-state index is 12.9. The number of amides is 1. The SMILES string of the molecule is CON1C(=O)C2(COc3cccnc32)c2ccccc21. The number of aromatic nitrogens is 1. The number of carbonyl (C=O) groups excluding carboxylic acids is 1. The van der Waals surface area contributed by atoms with E-state index in [9.17, 15) is 4.79 Å². The highest BCUT2D eigenvalue weighted by atomic mass is 16.7. The van der Waals surface area contributed by atoms with E-state index in [-0.39, 0.29) is 12.5 Å². The zero-order valence-corrected chi connectivity index (χ0v) is 10.9. The van der Waals surface area contributed by atoms with Crippen LogP contribution in [0.4, 0.5) is 5.69 Å². The Balaban J connectivity index is 2.03. The van der Waals surface area contributed by atoms with Crippen LogP contribution in [0.15, 0.2) is 42.6 Å². The fraction of sp³-hybridized carbons (Fsp3) is 0.200. The number of carbonyl (C=O) groups is 1. The summed E-state index contributed by atoms with van der Waals surface area (Å²) >= 11 is 0. The summed E-state index contributed by atoms with van der Waals surface area (Å²) in [5.41, 5.74) is 1.41. The maximum atomic E-state index is 12.9. The van der Waals surface area contributed by atoms with Gasteiger partial charge in [-0.05, 0) is 18.2 Å². The second-order valence-electron chi connectivity index (χ2n) is 4.84. The van der Waals surface area contributed by atoms with E-state index in [1.165, 1.54) is 12.2 Å². The molecule has 0 aliphatic carbocycles. The van der Waals surface area contributed by atoms with Crippen molar-refractivity contribution in [3.63, 3.8) is 0 Å². The molecule has 5 heteroatoms. The summed E-state index contributed by atoms with van der Waals surface area (Å²) in [4.78, 5) is 22.5. The molecule has 3 heterocycles. The fourth-order valence-electron chi connectivity index (χ4n) is 3.04. The Labute approximate surface area is 115 Å². The summed E-state index contributed by atoms with van der Waals surface area (Å²) in [5, 5.41) is 1.32. The second kappa shape index (κ2) is 3.80. The quantitative estimate of drug-likeness (QED) is 0.789. The molecule has 0 saturated heterocycles. The monoisotopic (exact) mass is 268 g/mol. The van der Waals surface area contributed by atoms with Crippen LogP contribution in [0, 0.1) is 0 Å². The van der Waals surface area contributed by atoms with Crippen LogP contribution in [0.25, 0.3) is 0 Å². The molecule has 4 rings (SSSR count). The third-order valence-electron chi connectivity index (χ3n) is 3.93. The Morgan fingerprint density at radius 1 is 1.30 bits per heavy atom. The summed E-state index contributed by atoms with van der Waals surface area (Å²) in [6.07, 6.45) is 1.68. The summed E-state index contributed by atoms with van der Waals surface area (Å²) in [7, 11) is 1.49. The van der Waals surface area contributed by atoms with Crippen LogP contribution in [0.5, 0.6) is 5.75 Å². The molecule has 1 aromatic carbocycles. The van der Waals surface area contributed by atoms with Gasteiger partial charge in [-0.2, -0.15) is 5.06 Å². The third-order valence-corrected chi connectivity index (χ3v) is 3.93. The minimum absolute atomic E-state index is 0.154. The number of benzene rings is 1. The average Bonchev–Trinajstić information content (AvgIpc) is 2.99. The van der Waals surface area contributed by atoms with Crippen LogP contribution in [0.2, 0.25) is 0 Å². The first-order chi connectivity index (χ1) is 9.79. The molecule has 0 bridgehead atoms. The molecule has 0 N–H and O–H groups in total. The van der Waals surface area contributed by atoms with Crippen molar-refractivity contribution in [1.82, 2.24) is 4.98 Å². The summed E-state index contributed by atoms with van der Waals surface area (Å²) in [5.74, 6) is 0.507. The van der Waals surface area contributed by atoms with Crippen molar-refractivity contribution in [2.24, 2.45) is 0 Å². The Hall–Kier alpha value is -2.40. The normalized spacial score (nSPS) is 22.9. The molecule has 0 fully saturated rings. The molecule has 1 aromatic heterocycles. The van der Waals surface area contributed by atoms with Gasteiger partial charge < -0.3 is 4.74 Å². The van der Waals surface area contributed by atoms with Gasteiger partial charge in [0.25, 0.3) is 5.91 Å². The Kier molecular flexibility index (Phi) is 2.17. The zero-order valence-electron chi connectivity index (χ0n) is 10.9. The van der Waals surface area contributed by atoms with E-state index >= 15 is 0 Å².